The van der Waals surface area contributed by atoms with E-state index in [1.54, 1.807) is 0 Å². The lowest BCUT2D eigenvalue weighted by Gasteiger charge is -2.18. The van der Waals surface area contributed by atoms with Gasteiger partial charge in [-0.05, 0) is 31.2 Å². The summed E-state index contributed by atoms with van der Waals surface area (Å²) in [5.41, 5.74) is 1.21. The van der Waals surface area contributed by atoms with Crippen LogP contribution in [0.5, 0.6) is 0 Å². The zero-order chi connectivity index (χ0) is 13.4. The Hall–Kier alpha value is -0.0500. The largest absolute Gasteiger partial charge is 0.313 e. The number of unbranched alkanes of at least 4 members (excludes halogenated alkanes) is 4. The number of hydrogen-bond donors (Lipinski definition) is 1. The van der Waals surface area contributed by atoms with Gasteiger partial charge >= 0.3 is 0 Å². The Kier molecular flexibility index (Phi) is 7.96. The maximum Gasteiger partial charge on any atom is 0.0465 e. The Bertz CT molecular complexity index is 354. The molecule has 1 N–H and O–H groups in total. The summed E-state index contributed by atoms with van der Waals surface area (Å²) in [6.45, 7) is 2.25. The van der Waals surface area contributed by atoms with E-state index in [-0.39, 0.29) is 0 Å². The van der Waals surface area contributed by atoms with Crippen molar-refractivity contribution in [1.82, 2.24) is 5.32 Å². The van der Waals surface area contributed by atoms with Gasteiger partial charge in [-0.2, -0.15) is 0 Å². The lowest BCUT2D eigenvalue weighted by Crippen LogP contribution is -2.16. The average Bonchev–Trinajstić information content (AvgIpc) is 2.35. The van der Waals surface area contributed by atoms with Gasteiger partial charge in [0.2, 0.25) is 0 Å². The van der Waals surface area contributed by atoms with Crippen molar-refractivity contribution in [3.05, 3.63) is 33.3 Å². The van der Waals surface area contributed by atoms with Gasteiger partial charge in [-0.15, -0.1) is 0 Å². The van der Waals surface area contributed by atoms with Crippen LogP contribution >= 0.6 is 27.5 Å². The van der Waals surface area contributed by atoms with Crippen molar-refractivity contribution in [1.29, 1.82) is 0 Å². The molecule has 1 nitrogen and oxygen atoms in total. The number of rotatable bonds is 8. The van der Waals surface area contributed by atoms with Gasteiger partial charge in [0.25, 0.3) is 0 Å². The van der Waals surface area contributed by atoms with Crippen LogP contribution in [0.2, 0.25) is 5.02 Å². The Labute approximate surface area is 124 Å². The molecule has 0 aliphatic rings. The molecule has 102 valence electrons. The zero-order valence-electron chi connectivity index (χ0n) is 11.3. The van der Waals surface area contributed by atoms with Crippen LogP contribution in [0.3, 0.4) is 0 Å². The molecule has 1 aromatic rings. The number of benzene rings is 1. The highest BCUT2D eigenvalue weighted by molar-refractivity contribution is 9.10. The molecule has 18 heavy (non-hydrogen) atoms. The molecule has 1 atom stereocenters. The predicted molar refractivity (Wildman–Crippen MR) is 84.3 cm³/mol. The van der Waals surface area contributed by atoms with Crippen molar-refractivity contribution in [3.8, 4) is 0 Å². The fourth-order valence-electron chi connectivity index (χ4n) is 2.19. The van der Waals surface area contributed by atoms with Crippen LogP contribution in [0.1, 0.15) is 57.1 Å². The second kappa shape index (κ2) is 8.95. The van der Waals surface area contributed by atoms with E-state index < -0.39 is 0 Å². The highest BCUT2D eigenvalue weighted by atomic mass is 79.9. The minimum atomic E-state index is 0.368. The van der Waals surface area contributed by atoms with Crippen molar-refractivity contribution in [2.45, 2.75) is 51.5 Å². The summed E-state index contributed by atoms with van der Waals surface area (Å²) in [4.78, 5) is 0. The highest BCUT2D eigenvalue weighted by Crippen LogP contribution is 2.29. The Morgan fingerprint density at radius 1 is 1.22 bits per heavy atom. The molecule has 0 spiro atoms. The molecule has 0 bridgehead atoms. The van der Waals surface area contributed by atoms with E-state index in [4.69, 9.17) is 11.6 Å². The van der Waals surface area contributed by atoms with Crippen LogP contribution in [0.25, 0.3) is 0 Å². The second-order valence-electron chi connectivity index (χ2n) is 4.71. The van der Waals surface area contributed by atoms with Crippen molar-refractivity contribution in [2.24, 2.45) is 0 Å². The summed E-state index contributed by atoms with van der Waals surface area (Å²) in [5, 5.41) is 4.21. The maximum atomic E-state index is 6.30. The van der Waals surface area contributed by atoms with Crippen LogP contribution < -0.4 is 5.32 Å². The molecule has 0 aromatic heterocycles. The fourth-order valence-corrected chi connectivity index (χ4v) is 3.00. The third-order valence-corrected chi connectivity index (χ3v) is 4.10. The maximum absolute atomic E-state index is 6.30. The average molecular weight is 333 g/mol. The van der Waals surface area contributed by atoms with Gasteiger partial charge in [-0.3, -0.25) is 0 Å². The minimum absolute atomic E-state index is 0.368. The molecule has 0 amide bonds. The standard InChI is InChI=1S/C15H23BrClN/c1-3-4-5-6-7-8-15(18-2)13-10-9-12(16)11-14(13)17/h9-11,15,18H,3-8H2,1-2H3. The van der Waals surface area contributed by atoms with Crippen molar-refractivity contribution in [2.75, 3.05) is 7.05 Å². The van der Waals surface area contributed by atoms with E-state index >= 15 is 0 Å². The quantitative estimate of drug-likeness (QED) is 0.600. The van der Waals surface area contributed by atoms with Crippen molar-refractivity contribution in [3.63, 3.8) is 0 Å². The first-order valence-corrected chi connectivity index (χ1v) is 7.98. The van der Waals surface area contributed by atoms with E-state index in [1.165, 1.54) is 37.7 Å². The number of hydrogen-bond acceptors (Lipinski definition) is 1. The monoisotopic (exact) mass is 331 g/mol. The normalized spacial score (nSPS) is 12.7. The first-order valence-electron chi connectivity index (χ1n) is 6.81. The van der Waals surface area contributed by atoms with E-state index in [2.05, 4.69) is 40.3 Å². The van der Waals surface area contributed by atoms with Gasteiger partial charge in [-0.25, -0.2) is 0 Å². The highest BCUT2D eigenvalue weighted by Gasteiger charge is 2.12. The molecule has 0 fully saturated rings. The number of halogens is 2. The minimum Gasteiger partial charge on any atom is -0.313 e. The molecule has 1 unspecified atom stereocenters. The molecular weight excluding hydrogens is 310 g/mol. The van der Waals surface area contributed by atoms with E-state index in [0.29, 0.717) is 6.04 Å². The molecule has 0 heterocycles. The Morgan fingerprint density at radius 2 is 1.94 bits per heavy atom. The SMILES string of the molecule is CCCCCCCC(NC)c1ccc(Br)cc1Cl. The summed E-state index contributed by atoms with van der Waals surface area (Å²) < 4.78 is 1.04. The summed E-state index contributed by atoms with van der Waals surface area (Å²) in [7, 11) is 2.01. The summed E-state index contributed by atoms with van der Waals surface area (Å²) in [5.74, 6) is 0. The molecule has 1 aromatic carbocycles. The van der Waals surface area contributed by atoms with Crippen LogP contribution in [-0.2, 0) is 0 Å². The first kappa shape index (κ1) is 16.0. The summed E-state index contributed by atoms with van der Waals surface area (Å²) in [6.07, 6.45) is 7.73. The molecule has 0 aliphatic carbocycles. The van der Waals surface area contributed by atoms with Gasteiger partial charge in [-0.1, -0.05) is 72.6 Å². The molecule has 0 radical (unpaired) electrons. The Balaban J connectivity index is 2.49. The molecule has 0 saturated heterocycles. The van der Waals surface area contributed by atoms with E-state index in [0.717, 1.165) is 15.9 Å². The lowest BCUT2D eigenvalue weighted by molar-refractivity contribution is 0.501. The summed E-state index contributed by atoms with van der Waals surface area (Å²) in [6, 6.07) is 6.51. The van der Waals surface area contributed by atoms with Crippen LogP contribution in [0, 0.1) is 0 Å². The molecule has 1 rings (SSSR count). The molecule has 0 aliphatic heterocycles. The number of nitrogens with one attached hydrogen (secondary N) is 1. The Morgan fingerprint density at radius 3 is 2.56 bits per heavy atom. The van der Waals surface area contributed by atoms with Crippen molar-refractivity contribution >= 4 is 27.5 Å². The smallest absolute Gasteiger partial charge is 0.0465 e. The first-order chi connectivity index (χ1) is 8.69. The van der Waals surface area contributed by atoms with Gasteiger partial charge in [0, 0.05) is 15.5 Å². The van der Waals surface area contributed by atoms with E-state index in [9.17, 15) is 0 Å². The third kappa shape index (κ3) is 5.29. The molecule has 3 heteroatoms. The van der Waals surface area contributed by atoms with Crippen LogP contribution in [0.4, 0.5) is 0 Å². The second-order valence-corrected chi connectivity index (χ2v) is 6.03. The van der Waals surface area contributed by atoms with Gasteiger partial charge in [0.05, 0.1) is 0 Å². The molecule has 0 saturated carbocycles. The predicted octanol–water partition coefficient (Wildman–Crippen LogP) is 5.72. The summed E-state index contributed by atoms with van der Waals surface area (Å²) >= 11 is 9.74. The van der Waals surface area contributed by atoms with Gasteiger partial charge < -0.3 is 5.32 Å². The zero-order valence-corrected chi connectivity index (χ0v) is 13.6. The van der Waals surface area contributed by atoms with E-state index in [1.807, 2.05) is 13.1 Å². The van der Waals surface area contributed by atoms with Crippen LogP contribution in [-0.4, -0.2) is 7.05 Å². The third-order valence-electron chi connectivity index (χ3n) is 3.28. The topological polar surface area (TPSA) is 12.0 Å². The fraction of sp³-hybridized carbons (Fsp3) is 0.600. The lowest BCUT2D eigenvalue weighted by atomic mass is 10.00. The van der Waals surface area contributed by atoms with Gasteiger partial charge in [0.15, 0.2) is 0 Å². The molecular formula is C15H23BrClN. The van der Waals surface area contributed by atoms with Crippen molar-refractivity contribution < 1.29 is 0 Å². The van der Waals surface area contributed by atoms with Gasteiger partial charge in [0.1, 0.15) is 0 Å². The van der Waals surface area contributed by atoms with Crippen LogP contribution in [0.15, 0.2) is 22.7 Å².